The molecule has 1 amide bonds. The maximum absolute atomic E-state index is 12.7. The molecule has 4 nitrogen and oxygen atoms in total. The highest BCUT2D eigenvalue weighted by atomic mass is 19.3. The topological polar surface area (TPSA) is 50.4 Å². The minimum atomic E-state index is -2.89. The number of alkyl halides is 2. The van der Waals surface area contributed by atoms with Gasteiger partial charge in [-0.15, -0.1) is 0 Å². The summed E-state index contributed by atoms with van der Waals surface area (Å²) in [5, 5.41) is 6.14. The Morgan fingerprint density at radius 3 is 2.58 bits per heavy atom. The fraction of sp³-hybridized carbons (Fsp3) is 0.350. The van der Waals surface area contributed by atoms with E-state index < -0.39 is 6.61 Å². The lowest BCUT2D eigenvalue weighted by molar-refractivity contribution is -0.120. The molecule has 0 unspecified atom stereocenters. The maximum Gasteiger partial charge on any atom is 0.387 e. The van der Waals surface area contributed by atoms with Gasteiger partial charge in [0.15, 0.2) is 0 Å². The third-order valence-corrected chi connectivity index (χ3v) is 4.49. The van der Waals surface area contributed by atoms with Gasteiger partial charge in [-0.2, -0.15) is 8.78 Å². The van der Waals surface area contributed by atoms with Gasteiger partial charge in [-0.3, -0.25) is 4.79 Å². The van der Waals surface area contributed by atoms with Crippen LogP contribution in [0.15, 0.2) is 48.5 Å². The molecule has 1 aliphatic rings. The van der Waals surface area contributed by atoms with E-state index in [2.05, 4.69) is 15.4 Å². The SMILES string of the molecule is O=C(Nc1ccc(OC(F)F)c(Cc2ccccc2)c1)C1CCNCC1. The minimum Gasteiger partial charge on any atom is -0.435 e. The van der Waals surface area contributed by atoms with Crippen LogP contribution in [-0.2, 0) is 11.2 Å². The van der Waals surface area contributed by atoms with Crippen LogP contribution in [0.4, 0.5) is 14.5 Å². The van der Waals surface area contributed by atoms with E-state index in [0.717, 1.165) is 31.5 Å². The average molecular weight is 360 g/mol. The molecule has 2 N–H and O–H groups in total. The molecule has 0 radical (unpaired) electrons. The maximum atomic E-state index is 12.7. The van der Waals surface area contributed by atoms with Crippen molar-refractivity contribution in [1.29, 1.82) is 0 Å². The monoisotopic (exact) mass is 360 g/mol. The van der Waals surface area contributed by atoms with Gasteiger partial charge in [-0.1, -0.05) is 30.3 Å². The van der Waals surface area contributed by atoms with Crippen LogP contribution in [-0.4, -0.2) is 25.6 Å². The number of benzene rings is 2. The highest BCUT2D eigenvalue weighted by Crippen LogP contribution is 2.27. The fourth-order valence-corrected chi connectivity index (χ4v) is 3.15. The number of halogens is 2. The van der Waals surface area contributed by atoms with Crippen LogP contribution in [0.3, 0.4) is 0 Å². The van der Waals surface area contributed by atoms with Gasteiger partial charge in [0, 0.05) is 23.6 Å². The van der Waals surface area contributed by atoms with E-state index in [-0.39, 0.29) is 17.6 Å². The van der Waals surface area contributed by atoms with Crippen LogP contribution in [0, 0.1) is 5.92 Å². The number of hydrogen-bond acceptors (Lipinski definition) is 3. The fourth-order valence-electron chi connectivity index (χ4n) is 3.15. The number of piperidine rings is 1. The van der Waals surface area contributed by atoms with E-state index in [1.807, 2.05) is 30.3 Å². The zero-order valence-corrected chi connectivity index (χ0v) is 14.4. The van der Waals surface area contributed by atoms with E-state index in [4.69, 9.17) is 0 Å². The molecule has 1 heterocycles. The average Bonchev–Trinajstić information content (AvgIpc) is 2.65. The molecule has 0 atom stereocenters. The first-order valence-electron chi connectivity index (χ1n) is 8.75. The summed E-state index contributed by atoms with van der Waals surface area (Å²) in [7, 11) is 0. The van der Waals surface area contributed by atoms with E-state index in [1.165, 1.54) is 6.07 Å². The summed E-state index contributed by atoms with van der Waals surface area (Å²) < 4.78 is 30.0. The quantitative estimate of drug-likeness (QED) is 0.823. The molecule has 0 aliphatic carbocycles. The number of ether oxygens (including phenoxy) is 1. The van der Waals surface area contributed by atoms with Gasteiger partial charge in [-0.05, 0) is 49.7 Å². The second kappa shape index (κ2) is 8.76. The number of carbonyl (C=O) groups excluding carboxylic acids is 1. The molecule has 2 aromatic rings. The number of hydrogen-bond donors (Lipinski definition) is 2. The van der Waals surface area contributed by atoms with Crippen molar-refractivity contribution in [1.82, 2.24) is 5.32 Å². The number of carbonyl (C=O) groups is 1. The molecule has 26 heavy (non-hydrogen) atoms. The third kappa shape index (κ3) is 5.02. The van der Waals surface area contributed by atoms with E-state index in [9.17, 15) is 13.6 Å². The Morgan fingerprint density at radius 1 is 1.15 bits per heavy atom. The van der Waals surface area contributed by atoms with Gasteiger partial charge in [0.2, 0.25) is 5.91 Å². The molecular weight excluding hydrogens is 338 g/mol. The predicted molar refractivity (Wildman–Crippen MR) is 96.5 cm³/mol. The van der Waals surface area contributed by atoms with Crippen LogP contribution in [0.25, 0.3) is 0 Å². The Labute approximate surface area is 151 Å². The molecule has 2 aromatic carbocycles. The summed E-state index contributed by atoms with van der Waals surface area (Å²) in [4.78, 5) is 12.4. The van der Waals surface area contributed by atoms with E-state index in [0.29, 0.717) is 17.7 Å². The molecule has 1 fully saturated rings. The van der Waals surface area contributed by atoms with Crippen LogP contribution < -0.4 is 15.4 Å². The highest BCUT2D eigenvalue weighted by Gasteiger charge is 2.21. The highest BCUT2D eigenvalue weighted by molar-refractivity contribution is 5.92. The predicted octanol–water partition coefficient (Wildman–Crippen LogP) is 3.82. The molecule has 6 heteroatoms. The van der Waals surface area contributed by atoms with Crippen LogP contribution in [0.5, 0.6) is 5.75 Å². The molecule has 0 spiro atoms. The molecule has 0 saturated carbocycles. The Bertz CT molecular complexity index is 732. The van der Waals surface area contributed by atoms with Gasteiger partial charge >= 0.3 is 6.61 Å². The summed E-state index contributed by atoms with van der Waals surface area (Å²) in [6.07, 6.45) is 2.05. The smallest absolute Gasteiger partial charge is 0.387 e. The Hall–Kier alpha value is -2.47. The third-order valence-electron chi connectivity index (χ3n) is 4.49. The number of nitrogens with one attached hydrogen (secondary N) is 2. The van der Waals surface area contributed by atoms with Crippen molar-refractivity contribution in [2.24, 2.45) is 5.92 Å². The van der Waals surface area contributed by atoms with Gasteiger partial charge in [0.05, 0.1) is 0 Å². The molecule has 0 aromatic heterocycles. The Morgan fingerprint density at radius 2 is 1.88 bits per heavy atom. The first-order valence-corrected chi connectivity index (χ1v) is 8.75. The minimum absolute atomic E-state index is 0.0224. The Kier molecular flexibility index (Phi) is 6.17. The number of rotatable bonds is 6. The lowest BCUT2D eigenvalue weighted by Gasteiger charge is -2.22. The van der Waals surface area contributed by atoms with Crippen molar-refractivity contribution in [2.75, 3.05) is 18.4 Å². The zero-order chi connectivity index (χ0) is 18.4. The first-order chi connectivity index (χ1) is 12.6. The van der Waals surface area contributed by atoms with Crippen LogP contribution >= 0.6 is 0 Å². The van der Waals surface area contributed by atoms with Gasteiger partial charge in [-0.25, -0.2) is 0 Å². The van der Waals surface area contributed by atoms with E-state index >= 15 is 0 Å². The second-order valence-electron chi connectivity index (χ2n) is 6.38. The van der Waals surface area contributed by atoms with Gasteiger partial charge in [0.25, 0.3) is 0 Å². The van der Waals surface area contributed by atoms with Crippen molar-refractivity contribution in [3.05, 3.63) is 59.7 Å². The first kappa shape index (κ1) is 18.3. The lowest BCUT2D eigenvalue weighted by Crippen LogP contribution is -2.34. The normalized spacial score (nSPS) is 15.0. The van der Waals surface area contributed by atoms with E-state index in [1.54, 1.807) is 12.1 Å². The summed E-state index contributed by atoms with van der Waals surface area (Å²) in [5.74, 6) is 0.0780. The summed E-state index contributed by atoms with van der Waals surface area (Å²) >= 11 is 0. The van der Waals surface area contributed by atoms with Crippen molar-refractivity contribution < 1.29 is 18.3 Å². The Balaban J connectivity index is 1.78. The van der Waals surface area contributed by atoms with Crippen molar-refractivity contribution in [3.63, 3.8) is 0 Å². The molecule has 0 bridgehead atoms. The van der Waals surface area contributed by atoms with Crippen molar-refractivity contribution in [3.8, 4) is 5.75 Å². The number of amides is 1. The summed E-state index contributed by atoms with van der Waals surface area (Å²) in [5.41, 5.74) is 2.19. The molecule has 1 aliphatic heterocycles. The lowest BCUT2D eigenvalue weighted by atomic mass is 9.97. The second-order valence-corrected chi connectivity index (χ2v) is 6.38. The van der Waals surface area contributed by atoms with Gasteiger partial charge in [0.1, 0.15) is 5.75 Å². The van der Waals surface area contributed by atoms with Crippen LogP contribution in [0.2, 0.25) is 0 Å². The summed E-state index contributed by atoms with van der Waals surface area (Å²) in [6, 6.07) is 14.3. The zero-order valence-electron chi connectivity index (χ0n) is 14.4. The van der Waals surface area contributed by atoms with Crippen molar-refractivity contribution in [2.45, 2.75) is 25.9 Å². The molecule has 1 saturated heterocycles. The van der Waals surface area contributed by atoms with Crippen LogP contribution in [0.1, 0.15) is 24.0 Å². The molecular formula is C20H22F2N2O2. The largest absolute Gasteiger partial charge is 0.435 e. The molecule has 138 valence electrons. The standard InChI is InChI=1S/C20H22F2N2O2/c21-20(22)26-18-7-6-17(24-19(25)15-8-10-23-11-9-15)13-16(18)12-14-4-2-1-3-5-14/h1-7,13,15,20,23H,8-12H2,(H,24,25). The summed E-state index contributed by atoms with van der Waals surface area (Å²) in [6.45, 7) is -1.23. The molecule has 3 rings (SSSR count). The van der Waals surface area contributed by atoms with Gasteiger partial charge < -0.3 is 15.4 Å². The van der Waals surface area contributed by atoms with Crippen molar-refractivity contribution >= 4 is 11.6 Å². The number of anilines is 1.